The quantitative estimate of drug-likeness (QED) is 0.608. The van der Waals surface area contributed by atoms with Gasteiger partial charge in [-0.3, -0.25) is 5.32 Å². The SMILES string of the molecule is OC(NCCC1=NC2=C(CCCN2)CC1)Nc1cccc(F)c1. The second kappa shape index (κ2) is 7.57. The maximum atomic E-state index is 13.1. The van der Waals surface area contributed by atoms with E-state index in [-0.39, 0.29) is 5.82 Å². The molecule has 0 saturated heterocycles. The molecule has 2 aliphatic rings. The van der Waals surface area contributed by atoms with Crippen LogP contribution in [0.1, 0.15) is 32.1 Å². The van der Waals surface area contributed by atoms with Crippen LogP contribution in [0.4, 0.5) is 10.1 Å². The van der Waals surface area contributed by atoms with Crippen LogP contribution in [0.3, 0.4) is 0 Å². The highest BCUT2D eigenvalue weighted by molar-refractivity contribution is 5.86. The van der Waals surface area contributed by atoms with Gasteiger partial charge < -0.3 is 15.7 Å². The van der Waals surface area contributed by atoms with Gasteiger partial charge in [-0.2, -0.15) is 0 Å². The van der Waals surface area contributed by atoms with E-state index in [0.717, 1.165) is 43.8 Å². The number of aliphatic hydroxyl groups is 1. The van der Waals surface area contributed by atoms with Gasteiger partial charge in [-0.1, -0.05) is 6.07 Å². The topological polar surface area (TPSA) is 68.7 Å². The number of benzene rings is 1. The van der Waals surface area contributed by atoms with Crippen molar-refractivity contribution in [3.05, 3.63) is 41.5 Å². The second-order valence-corrected chi connectivity index (χ2v) is 5.92. The van der Waals surface area contributed by atoms with Gasteiger partial charge in [-0.15, -0.1) is 0 Å². The predicted octanol–water partition coefficient (Wildman–Crippen LogP) is 2.32. The molecule has 124 valence electrons. The third kappa shape index (κ3) is 4.53. The fourth-order valence-electron chi connectivity index (χ4n) is 2.94. The highest BCUT2D eigenvalue weighted by Crippen LogP contribution is 2.25. The van der Waals surface area contributed by atoms with Gasteiger partial charge in [0.15, 0.2) is 6.35 Å². The summed E-state index contributed by atoms with van der Waals surface area (Å²) in [5, 5.41) is 19.0. The first-order valence-electron chi connectivity index (χ1n) is 8.16. The molecule has 23 heavy (non-hydrogen) atoms. The second-order valence-electron chi connectivity index (χ2n) is 5.92. The zero-order valence-electron chi connectivity index (χ0n) is 13.1. The summed E-state index contributed by atoms with van der Waals surface area (Å²) in [4.78, 5) is 4.69. The van der Waals surface area contributed by atoms with Crippen molar-refractivity contribution < 1.29 is 9.50 Å². The van der Waals surface area contributed by atoms with E-state index in [4.69, 9.17) is 0 Å². The van der Waals surface area contributed by atoms with Gasteiger partial charge in [0.05, 0.1) is 0 Å². The Morgan fingerprint density at radius 1 is 1.30 bits per heavy atom. The lowest BCUT2D eigenvalue weighted by Gasteiger charge is -2.24. The molecule has 0 fully saturated rings. The Morgan fingerprint density at radius 3 is 3.09 bits per heavy atom. The zero-order valence-corrected chi connectivity index (χ0v) is 13.1. The molecule has 1 aromatic carbocycles. The molecule has 0 radical (unpaired) electrons. The Kier molecular flexibility index (Phi) is 5.25. The smallest absolute Gasteiger partial charge is 0.181 e. The molecule has 2 heterocycles. The van der Waals surface area contributed by atoms with E-state index in [1.54, 1.807) is 12.1 Å². The summed E-state index contributed by atoms with van der Waals surface area (Å²) in [5.41, 5.74) is 3.14. The largest absolute Gasteiger partial charge is 0.370 e. The molecule has 0 spiro atoms. The van der Waals surface area contributed by atoms with Gasteiger partial charge in [0.25, 0.3) is 0 Å². The molecular weight excluding hydrogens is 295 g/mol. The van der Waals surface area contributed by atoms with Gasteiger partial charge in [0.2, 0.25) is 0 Å². The molecular formula is C17H23FN4O. The third-order valence-electron chi connectivity index (χ3n) is 4.15. The van der Waals surface area contributed by atoms with Crippen molar-refractivity contribution >= 4 is 11.4 Å². The normalized spacial score (nSPS) is 18.8. The number of anilines is 1. The molecule has 0 bridgehead atoms. The van der Waals surface area contributed by atoms with Crippen molar-refractivity contribution in [3.8, 4) is 0 Å². The van der Waals surface area contributed by atoms with Crippen LogP contribution in [-0.4, -0.2) is 30.3 Å². The summed E-state index contributed by atoms with van der Waals surface area (Å²) < 4.78 is 13.1. The fraction of sp³-hybridized carbons (Fsp3) is 0.471. The number of hydrogen-bond donors (Lipinski definition) is 4. The van der Waals surface area contributed by atoms with Crippen LogP contribution in [-0.2, 0) is 0 Å². The molecule has 3 rings (SSSR count). The average Bonchev–Trinajstić information content (AvgIpc) is 2.55. The summed E-state index contributed by atoms with van der Waals surface area (Å²) in [6.07, 6.45) is 4.32. The standard InChI is InChI=1S/C17H23FN4O/c18-13-4-1-5-15(11-13)22-17(23)20-10-8-14-7-6-12-3-2-9-19-16(12)21-14/h1,4-5,11,17,19-20,22-23H,2-3,6-10H2. The minimum Gasteiger partial charge on any atom is -0.370 e. The minimum absolute atomic E-state index is 0.331. The molecule has 4 N–H and O–H groups in total. The molecule has 1 aromatic rings. The van der Waals surface area contributed by atoms with E-state index in [0.29, 0.717) is 12.2 Å². The number of rotatable bonds is 6. The fourth-order valence-corrected chi connectivity index (χ4v) is 2.94. The molecule has 0 aliphatic carbocycles. The molecule has 6 heteroatoms. The Balaban J connectivity index is 1.44. The van der Waals surface area contributed by atoms with Gasteiger partial charge in [0, 0.05) is 24.5 Å². The summed E-state index contributed by atoms with van der Waals surface area (Å²) in [7, 11) is 0. The Morgan fingerprint density at radius 2 is 2.22 bits per heavy atom. The molecule has 1 atom stereocenters. The molecule has 1 unspecified atom stereocenters. The van der Waals surface area contributed by atoms with Crippen LogP contribution in [0, 0.1) is 5.82 Å². The minimum atomic E-state index is -0.913. The molecule has 2 aliphatic heterocycles. The van der Waals surface area contributed by atoms with Crippen molar-refractivity contribution in [1.29, 1.82) is 0 Å². The number of aliphatic hydroxyl groups excluding tert-OH is 1. The van der Waals surface area contributed by atoms with E-state index in [2.05, 4.69) is 20.9 Å². The van der Waals surface area contributed by atoms with E-state index >= 15 is 0 Å². The van der Waals surface area contributed by atoms with Crippen molar-refractivity contribution in [1.82, 2.24) is 10.6 Å². The van der Waals surface area contributed by atoms with Crippen molar-refractivity contribution in [2.24, 2.45) is 4.99 Å². The molecule has 0 aromatic heterocycles. The lowest BCUT2D eigenvalue weighted by atomic mass is 9.97. The maximum absolute atomic E-state index is 13.1. The first-order valence-corrected chi connectivity index (χ1v) is 8.16. The van der Waals surface area contributed by atoms with Crippen LogP contribution >= 0.6 is 0 Å². The third-order valence-corrected chi connectivity index (χ3v) is 4.15. The zero-order chi connectivity index (χ0) is 16.1. The van der Waals surface area contributed by atoms with Gasteiger partial charge in [-0.25, -0.2) is 9.38 Å². The van der Waals surface area contributed by atoms with E-state index in [1.807, 2.05) is 0 Å². The summed E-state index contributed by atoms with van der Waals surface area (Å²) in [6.45, 7) is 1.62. The van der Waals surface area contributed by atoms with Crippen LogP contribution in [0.2, 0.25) is 0 Å². The summed E-state index contributed by atoms with van der Waals surface area (Å²) in [6, 6.07) is 6.03. The number of aliphatic imine (C=N–C) groups is 1. The average molecular weight is 318 g/mol. The number of allylic oxidation sites excluding steroid dienone is 1. The number of halogens is 1. The first-order chi connectivity index (χ1) is 11.2. The highest BCUT2D eigenvalue weighted by atomic mass is 19.1. The molecule has 0 amide bonds. The molecule has 0 saturated carbocycles. The predicted molar refractivity (Wildman–Crippen MR) is 89.6 cm³/mol. The van der Waals surface area contributed by atoms with Crippen LogP contribution in [0.25, 0.3) is 0 Å². The molecule has 5 nitrogen and oxygen atoms in total. The Bertz CT molecular complexity index is 614. The first kappa shape index (κ1) is 16.0. The van der Waals surface area contributed by atoms with E-state index < -0.39 is 6.35 Å². The van der Waals surface area contributed by atoms with Crippen LogP contribution < -0.4 is 16.0 Å². The Labute approximate surface area is 135 Å². The lowest BCUT2D eigenvalue weighted by molar-refractivity contribution is 0.167. The number of hydrogen-bond acceptors (Lipinski definition) is 5. The van der Waals surface area contributed by atoms with E-state index in [1.165, 1.54) is 24.1 Å². The number of nitrogens with one attached hydrogen (secondary N) is 3. The highest BCUT2D eigenvalue weighted by Gasteiger charge is 2.17. The maximum Gasteiger partial charge on any atom is 0.181 e. The van der Waals surface area contributed by atoms with Crippen LogP contribution in [0.15, 0.2) is 40.7 Å². The van der Waals surface area contributed by atoms with Gasteiger partial charge in [0.1, 0.15) is 11.6 Å². The summed E-state index contributed by atoms with van der Waals surface area (Å²) >= 11 is 0. The number of nitrogens with zero attached hydrogens (tertiary/aromatic N) is 1. The summed E-state index contributed by atoms with van der Waals surface area (Å²) in [5.74, 6) is 0.735. The van der Waals surface area contributed by atoms with Crippen molar-refractivity contribution in [3.63, 3.8) is 0 Å². The van der Waals surface area contributed by atoms with Gasteiger partial charge >= 0.3 is 0 Å². The van der Waals surface area contributed by atoms with Gasteiger partial charge in [-0.05, 0) is 55.9 Å². The van der Waals surface area contributed by atoms with Crippen LogP contribution in [0.5, 0.6) is 0 Å². The van der Waals surface area contributed by atoms with E-state index in [9.17, 15) is 9.50 Å². The van der Waals surface area contributed by atoms with Crippen molar-refractivity contribution in [2.45, 2.75) is 38.5 Å². The van der Waals surface area contributed by atoms with Crippen molar-refractivity contribution in [2.75, 3.05) is 18.4 Å². The monoisotopic (exact) mass is 318 g/mol. The lowest BCUT2D eigenvalue weighted by Crippen LogP contribution is -2.37. The Hall–Kier alpha value is -1.92.